The summed E-state index contributed by atoms with van der Waals surface area (Å²) in [7, 11) is 0. The molecule has 1 fully saturated rings. The second kappa shape index (κ2) is 3.35. The lowest BCUT2D eigenvalue weighted by molar-refractivity contribution is -0.132. The van der Waals surface area contributed by atoms with Gasteiger partial charge in [-0.05, 0) is 6.92 Å². The van der Waals surface area contributed by atoms with E-state index in [1.54, 1.807) is 0 Å². The molecule has 1 saturated heterocycles. The van der Waals surface area contributed by atoms with Gasteiger partial charge in [-0.15, -0.1) is 0 Å². The van der Waals surface area contributed by atoms with E-state index in [0.29, 0.717) is 19.7 Å². The van der Waals surface area contributed by atoms with Gasteiger partial charge < -0.3 is 9.64 Å². The number of morpholine rings is 1. The molecule has 1 aliphatic rings. The molecule has 4 heteroatoms. The van der Waals surface area contributed by atoms with Crippen LogP contribution < -0.4 is 0 Å². The maximum Gasteiger partial charge on any atom is 0.179 e. The van der Waals surface area contributed by atoms with Crippen molar-refractivity contribution in [3.8, 4) is 6.19 Å². The van der Waals surface area contributed by atoms with E-state index in [9.17, 15) is 4.79 Å². The molecule has 1 atom stereocenters. The van der Waals surface area contributed by atoms with E-state index in [2.05, 4.69) is 0 Å². The molecule has 0 bridgehead atoms. The monoisotopic (exact) mass is 154 g/mol. The number of carbonyl (C=O) groups excluding carboxylic acids is 1. The van der Waals surface area contributed by atoms with Gasteiger partial charge in [0.05, 0.1) is 19.7 Å². The fraction of sp³-hybridized carbons (Fsp3) is 0.714. The van der Waals surface area contributed by atoms with Crippen LogP contribution in [0.25, 0.3) is 0 Å². The minimum absolute atomic E-state index is 0.00931. The van der Waals surface area contributed by atoms with Crippen LogP contribution in [0, 0.1) is 11.5 Å². The molecule has 0 saturated carbocycles. The average Bonchev–Trinajstić information content (AvgIpc) is 2.05. The van der Waals surface area contributed by atoms with E-state index in [0.717, 1.165) is 0 Å². The molecule has 0 spiro atoms. The summed E-state index contributed by atoms with van der Waals surface area (Å²) in [6, 6.07) is 0. The number of Topliss-reactive ketones (excluding diaryl/α,β-unsaturated/α-hetero) is 1. The highest BCUT2D eigenvalue weighted by Crippen LogP contribution is 2.04. The number of ketones is 1. The summed E-state index contributed by atoms with van der Waals surface area (Å²) >= 11 is 0. The third kappa shape index (κ3) is 1.92. The van der Waals surface area contributed by atoms with Gasteiger partial charge in [0.1, 0.15) is 6.10 Å². The Kier molecular flexibility index (Phi) is 2.44. The standard InChI is InChI=1S/C7H10N2O2/c1-6(10)7-4-9(5-8)2-3-11-7/h7H,2-4H2,1H3/t7-/m1/s1. The first-order valence-corrected chi connectivity index (χ1v) is 3.51. The van der Waals surface area contributed by atoms with Gasteiger partial charge in [-0.3, -0.25) is 4.79 Å². The average molecular weight is 154 g/mol. The molecule has 1 rings (SSSR count). The van der Waals surface area contributed by atoms with Gasteiger partial charge in [-0.1, -0.05) is 0 Å². The van der Waals surface area contributed by atoms with Crippen LogP contribution in [-0.4, -0.2) is 36.5 Å². The second-order valence-corrected chi connectivity index (χ2v) is 2.52. The van der Waals surface area contributed by atoms with Crippen molar-refractivity contribution in [3.63, 3.8) is 0 Å². The van der Waals surface area contributed by atoms with Crippen molar-refractivity contribution in [1.82, 2.24) is 4.90 Å². The van der Waals surface area contributed by atoms with Crippen LogP contribution in [-0.2, 0) is 9.53 Å². The highest BCUT2D eigenvalue weighted by Gasteiger charge is 2.22. The maximum atomic E-state index is 10.8. The molecule has 0 aromatic rings. The molecule has 1 heterocycles. The SMILES string of the molecule is CC(=O)[C@H]1CN(C#N)CCO1. The minimum atomic E-state index is -0.400. The lowest BCUT2D eigenvalue weighted by atomic mass is 10.2. The summed E-state index contributed by atoms with van der Waals surface area (Å²) in [6.45, 7) is 2.95. The molecule has 1 aliphatic heterocycles. The van der Waals surface area contributed by atoms with Crippen LogP contribution in [0.3, 0.4) is 0 Å². The van der Waals surface area contributed by atoms with Crippen molar-refractivity contribution in [1.29, 1.82) is 5.26 Å². The molecule has 60 valence electrons. The Hall–Kier alpha value is -1.08. The van der Waals surface area contributed by atoms with E-state index in [-0.39, 0.29) is 5.78 Å². The second-order valence-electron chi connectivity index (χ2n) is 2.52. The van der Waals surface area contributed by atoms with Gasteiger partial charge in [0.15, 0.2) is 12.0 Å². The number of ether oxygens (including phenoxy) is 1. The van der Waals surface area contributed by atoms with Crippen molar-refractivity contribution < 1.29 is 9.53 Å². The number of nitrogens with zero attached hydrogens (tertiary/aromatic N) is 2. The summed E-state index contributed by atoms with van der Waals surface area (Å²) < 4.78 is 5.13. The topological polar surface area (TPSA) is 53.3 Å². The largest absolute Gasteiger partial charge is 0.367 e. The zero-order valence-electron chi connectivity index (χ0n) is 6.41. The summed E-state index contributed by atoms with van der Waals surface area (Å²) in [6.07, 6.45) is 1.59. The van der Waals surface area contributed by atoms with Gasteiger partial charge in [0.25, 0.3) is 0 Å². The third-order valence-electron chi connectivity index (χ3n) is 1.66. The first-order valence-electron chi connectivity index (χ1n) is 3.51. The Morgan fingerprint density at radius 2 is 2.55 bits per heavy atom. The smallest absolute Gasteiger partial charge is 0.179 e. The molecule has 0 amide bonds. The molecule has 0 aromatic carbocycles. The van der Waals surface area contributed by atoms with Crippen LogP contribution in [0.2, 0.25) is 0 Å². The van der Waals surface area contributed by atoms with E-state index in [1.807, 2.05) is 6.19 Å². The van der Waals surface area contributed by atoms with Gasteiger partial charge in [-0.2, -0.15) is 5.26 Å². The maximum absolute atomic E-state index is 10.8. The van der Waals surface area contributed by atoms with Gasteiger partial charge >= 0.3 is 0 Å². The first kappa shape index (κ1) is 8.02. The first-order chi connectivity index (χ1) is 5.24. The lowest BCUT2D eigenvalue weighted by Gasteiger charge is -2.27. The third-order valence-corrected chi connectivity index (χ3v) is 1.66. The number of rotatable bonds is 1. The van der Waals surface area contributed by atoms with Crippen molar-refractivity contribution >= 4 is 5.78 Å². The predicted octanol–water partition coefficient (Wildman–Crippen LogP) is -0.243. The van der Waals surface area contributed by atoms with E-state index in [1.165, 1.54) is 11.8 Å². The summed E-state index contributed by atoms with van der Waals surface area (Å²) in [5.41, 5.74) is 0. The fourth-order valence-corrected chi connectivity index (χ4v) is 0.986. The Morgan fingerprint density at radius 3 is 3.09 bits per heavy atom. The highest BCUT2D eigenvalue weighted by molar-refractivity contribution is 5.80. The molecule has 0 N–H and O–H groups in total. The number of carbonyl (C=O) groups is 1. The van der Waals surface area contributed by atoms with Crippen molar-refractivity contribution in [3.05, 3.63) is 0 Å². The molecule has 0 aliphatic carbocycles. The molecule has 4 nitrogen and oxygen atoms in total. The Morgan fingerprint density at radius 1 is 1.82 bits per heavy atom. The van der Waals surface area contributed by atoms with Crippen LogP contribution in [0.5, 0.6) is 0 Å². The molecule has 0 unspecified atom stereocenters. The van der Waals surface area contributed by atoms with Crippen LogP contribution in [0.1, 0.15) is 6.92 Å². The van der Waals surface area contributed by atoms with Crippen molar-refractivity contribution in [2.24, 2.45) is 0 Å². The van der Waals surface area contributed by atoms with E-state index >= 15 is 0 Å². The zero-order chi connectivity index (χ0) is 8.27. The molecule has 0 radical (unpaired) electrons. The predicted molar refractivity (Wildman–Crippen MR) is 37.6 cm³/mol. The molecular formula is C7H10N2O2. The quantitative estimate of drug-likeness (QED) is 0.489. The number of hydrogen-bond donors (Lipinski definition) is 0. The van der Waals surface area contributed by atoms with Crippen LogP contribution in [0.4, 0.5) is 0 Å². The van der Waals surface area contributed by atoms with Crippen LogP contribution in [0.15, 0.2) is 0 Å². The number of hydrogen-bond acceptors (Lipinski definition) is 4. The summed E-state index contributed by atoms with van der Waals surface area (Å²) in [5, 5.41) is 8.50. The Labute approximate surface area is 65.4 Å². The molecule has 11 heavy (non-hydrogen) atoms. The fourth-order valence-electron chi connectivity index (χ4n) is 0.986. The lowest BCUT2D eigenvalue weighted by Crippen LogP contribution is -2.42. The number of nitriles is 1. The van der Waals surface area contributed by atoms with Crippen molar-refractivity contribution in [2.75, 3.05) is 19.7 Å². The van der Waals surface area contributed by atoms with E-state index in [4.69, 9.17) is 10.00 Å². The molecule has 0 aromatic heterocycles. The zero-order valence-corrected chi connectivity index (χ0v) is 6.41. The normalized spacial score (nSPS) is 24.4. The Bertz CT molecular complexity index is 197. The van der Waals surface area contributed by atoms with Gasteiger partial charge in [0, 0.05) is 0 Å². The van der Waals surface area contributed by atoms with Gasteiger partial charge in [0.2, 0.25) is 0 Å². The summed E-state index contributed by atoms with van der Waals surface area (Å²) in [5.74, 6) is -0.00931. The van der Waals surface area contributed by atoms with Crippen LogP contribution >= 0.6 is 0 Å². The summed E-state index contributed by atoms with van der Waals surface area (Å²) in [4.78, 5) is 12.3. The highest BCUT2D eigenvalue weighted by atomic mass is 16.5. The minimum Gasteiger partial charge on any atom is -0.367 e. The van der Waals surface area contributed by atoms with Crippen molar-refractivity contribution in [2.45, 2.75) is 13.0 Å². The molecular weight excluding hydrogens is 144 g/mol. The van der Waals surface area contributed by atoms with E-state index < -0.39 is 6.10 Å². The Balaban J connectivity index is 2.47. The van der Waals surface area contributed by atoms with Gasteiger partial charge in [-0.25, -0.2) is 0 Å².